The summed E-state index contributed by atoms with van der Waals surface area (Å²) in [5, 5.41) is 13.3. The average molecular weight is 309 g/mol. The van der Waals surface area contributed by atoms with Gasteiger partial charge in [-0.3, -0.25) is 14.9 Å². The number of aromatic nitrogens is 2. The number of hydrogen-bond acceptors (Lipinski definition) is 4. The fourth-order valence-electron chi connectivity index (χ4n) is 1.82. The van der Waals surface area contributed by atoms with Crippen LogP contribution in [-0.4, -0.2) is 27.3 Å². The van der Waals surface area contributed by atoms with Crippen LogP contribution in [0.5, 0.6) is 0 Å². The number of carbonyl (C=O) groups excluding carboxylic acids is 1. The molecule has 2 rings (SSSR count). The number of rotatable bonds is 6. The molecule has 21 heavy (non-hydrogen) atoms. The molecule has 0 bridgehead atoms. The molecule has 0 aliphatic carbocycles. The van der Waals surface area contributed by atoms with Crippen LogP contribution in [0.4, 0.5) is 5.69 Å². The predicted molar refractivity (Wildman–Crippen MR) is 77.3 cm³/mol. The Morgan fingerprint density at radius 3 is 2.95 bits per heavy atom. The second-order valence-electron chi connectivity index (χ2n) is 4.29. The molecule has 0 unspecified atom stereocenters. The first-order valence-corrected chi connectivity index (χ1v) is 6.66. The number of hydrogen-bond donors (Lipinski definition) is 2. The Morgan fingerprint density at radius 1 is 1.48 bits per heavy atom. The monoisotopic (exact) mass is 308 g/mol. The van der Waals surface area contributed by atoms with Crippen molar-refractivity contribution in [3.05, 3.63) is 57.1 Å². The van der Waals surface area contributed by atoms with Crippen molar-refractivity contribution in [2.75, 3.05) is 6.54 Å². The van der Waals surface area contributed by atoms with E-state index in [1.54, 1.807) is 12.4 Å². The van der Waals surface area contributed by atoms with Crippen molar-refractivity contribution < 1.29 is 9.72 Å². The molecule has 0 aliphatic rings. The lowest BCUT2D eigenvalue weighted by Gasteiger charge is -2.06. The molecule has 7 nitrogen and oxygen atoms in total. The maximum Gasteiger partial charge on any atom is 0.288 e. The first-order valence-electron chi connectivity index (χ1n) is 6.29. The molecule has 1 amide bonds. The van der Waals surface area contributed by atoms with Gasteiger partial charge in [-0.15, -0.1) is 0 Å². The molecule has 0 fully saturated rings. The molecule has 110 valence electrons. The fraction of sp³-hybridized carbons (Fsp3) is 0.231. The highest BCUT2D eigenvalue weighted by atomic mass is 35.5. The number of aromatic amines is 1. The zero-order chi connectivity index (χ0) is 15.2. The van der Waals surface area contributed by atoms with Crippen LogP contribution >= 0.6 is 11.6 Å². The second kappa shape index (κ2) is 6.85. The molecule has 1 aromatic carbocycles. The first kappa shape index (κ1) is 15.0. The lowest BCUT2D eigenvalue weighted by atomic mass is 10.2. The number of benzene rings is 1. The minimum Gasteiger partial charge on any atom is -0.352 e. The number of imidazole rings is 1. The van der Waals surface area contributed by atoms with Crippen LogP contribution in [0, 0.1) is 10.1 Å². The van der Waals surface area contributed by atoms with Crippen molar-refractivity contribution in [2.45, 2.75) is 12.8 Å². The second-order valence-corrected chi connectivity index (χ2v) is 4.67. The number of nitrogens with one attached hydrogen (secondary N) is 2. The number of carbonyl (C=O) groups is 1. The highest BCUT2D eigenvalue weighted by Gasteiger charge is 2.19. The van der Waals surface area contributed by atoms with E-state index < -0.39 is 10.8 Å². The summed E-state index contributed by atoms with van der Waals surface area (Å²) in [5.74, 6) is 0.417. The molecule has 1 heterocycles. The van der Waals surface area contributed by atoms with Crippen LogP contribution in [0.3, 0.4) is 0 Å². The van der Waals surface area contributed by atoms with Gasteiger partial charge in [-0.25, -0.2) is 4.98 Å². The molecular weight excluding hydrogens is 296 g/mol. The fourth-order valence-corrected chi connectivity index (χ4v) is 2.10. The van der Waals surface area contributed by atoms with Gasteiger partial charge in [0.05, 0.1) is 10.5 Å². The zero-order valence-corrected chi connectivity index (χ0v) is 11.8. The summed E-state index contributed by atoms with van der Waals surface area (Å²) in [6, 6.07) is 4.15. The third-order valence-corrected chi connectivity index (χ3v) is 3.25. The summed E-state index contributed by atoms with van der Waals surface area (Å²) in [5.41, 5.74) is -0.177. The molecule has 1 aromatic heterocycles. The summed E-state index contributed by atoms with van der Waals surface area (Å²) >= 11 is 5.88. The van der Waals surface area contributed by atoms with Crippen LogP contribution in [0.25, 0.3) is 0 Å². The maximum absolute atomic E-state index is 12.0. The van der Waals surface area contributed by atoms with Crippen LogP contribution in [0.2, 0.25) is 5.02 Å². The number of H-pyrrole nitrogens is 1. The highest BCUT2D eigenvalue weighted by molar-refractivity contribution is 6.35. The number of nitro groups is 1. The maximum atomic E-state index is 12.0. The molecule has 0 saturated heterocycles. The lowest BCUT2D eigenvalue weighted by Crippen LogP contribution is -2.25. The third-order valence-electron chi connectivity index (χ3n) is 2.85. The first-order chi connectivity index (χ1) is 10.1. The largest absolute Gasteiger partial charge is 0.352 e. The zero-order valence-electron chi connectivity index (χ0n) is 11.0. The number of nitro benzene ring substituents is 1. The van der Waals surface area contributed by atoms with Gasteiger partial charge in [-0.05, 0) is 12.5 Å². The van der Waals surface area contributed by atoms with Gasteiger partial charge in [0.25, 0.3) is 11.6 Å². The van der Waals surface area contributed by atoms with Gasteiger partial charge in [-0.2, -0.15) is 0 Å². The van der Waals surface area contributed by atoms with Gasteiger partial charge in [0.15, 0.2) is 0 Å². The Kier molecular flexibility index (Phi) is 4.89. The van der Waals surface area contributed by atoms with Crippen molar-refractivity contribution >= 4 is 23.2 Å². The Morgan fingerprint density at radius 2 is 2.29 bits per heavy atom. The molecule has 8 heteroatoms. The van der Waals surface area contributed by atoms with E-state index in [1.165, 1.54) is 18.2 Å². The van der Waals surface area contributed by atoms with Crippen molar-refractivity contribution in [3.8, 4) is 0 Å². The van der Waals surface area contributed by atoms with Crippen molar-refractivity contribution in [1.29, 1.82) is 0 Å². The van der Waals surface area contributed by atoms with Crippen molar-refractivity contribution in [2.24, 2.45) is 0 Å². The van der Waals surface area contributed by atoms with E-state index in [-0.39, 0.29) is 16.3 Å². The SMILES string of the molecule is O=C(NCCCc1ncc[nH]1)c1cccc([N+](=O)[O-])c1Cl. The van der Waals surface area contributed by atoms with Gasteiger partial charge < -0.3 is 10.3 Å². The van der Waals surface area contributed by atoms with E-state index in [4.69, 9.17) is 11.6 Å². The van der Waals surface area contributed by atoms with E-state index in [9.17, 15) is 14.9 Å². The molecule has 2 aromatic rings. The number of aryl methyl sites for hydroxylation is 1. The van der Waals surface area contributed by atoms with Crippen molar-refractivity contribution in [3.63, 3.8) is 0 Å². The minimum atomic E-state index is -0.615. The quantitative estimate of drug-likeness (QED) is 0.486. The van der Waals surface area contributed by atoms with E-state index in [2.05, 4.69) is 15.3 Å². The molecule has 0 aliphatic heterocycles. The molecule has 0 radical (unpaired) electrons. The third kappa shape index (κ3) is 3.79. The smallest absolute Gasteiger partial charge is 0.288 e. The van der Waals surface area contributed by atoms with Crippen LogP contribution in [-0.2, 0) is 6.42 Å². The summed E-state index contributed by atoms with van der Waals surface area (Å²) in [4.78, 5) is 29.2. The molecule has 0 spiro atoms. The molecule has 2 N–H and O–H groups in total. The Hall–Kier alpha value is -2.41. The van der Waals surface area contributed by atoms with Gasteiger partial charge in [-0.1, -0.05) is 17.7 Å². The minimum absolute atomic E-state index is 0.101. The van der Waals surface area contributed by atoms with E-state index >= 15 is 0 Å². The Balaban J connectivity index is 1.91. The van der Waals surface area contributed by atoms with Gasteiger partial charge in [0.1, 0.15) is 10.8 Å². The van der Waals surface area contributed by atoms with Gasteiger partial charge in [0.2, 0.25) is 0 Å². The Labute approximate surface area is 125 Å². The lowest BCUT2D eigenvalue weighted by molar-refractivity contribution is -0.384. The number of amides is 1. The van der Waals surface area contributed by atoms with Gasteiger partial charge >= 0.3 is 0 Å². The average Bonchev–Trinajstić information content (AvgIpc) is 2.96. The molecule has 0 atom stereocenters. The van der Waals surface area contributed by atoms with Crippen molar-refractivity contribution in [1.82, 2.24) is 15.3 Å². The summed E-state index contributed by atoms with van der Waals surface area (Å²) in [6.45, 7) is 0.429. The van der Waals surface area contributed by atoms with Crippen LogP contribution < -0.4 is 5.32 Å². The standard InChI is InChI=1S/C13H13ClN4O3/c14-12-9(3-1-4-10(12)18(20)21)13(19)17-6-2-5-11-15-7-8-16-11/h1,3-4,7-8H,2,5-6H2,(H,15,16)(H,17,19). The van der Waals surface area contributed by atoms with E-state index in [0.717, 1.165) is 5.82 Å². The summed E-state index contributed by atoms with van der Waals surface area (Å²) in [7, 11) is 0. The summed E-state index contributed by atoms with van der Waals surface area (Å²) < 4.78 is 0. The van der Waals surface area contributed by atoms with Gasteiger partial charge in [0, 0.05) is 31.4 Å². The topological polar surface area (TPSA) is 101 Å². The van der Waals surface area contributed by atoms with E-state index in [0.29, 0.717) is 19.4 Å². The van der Waals surface area contributed by atoms with Crippen LogP contribution in [0.15, 0.2) is 30.6 Å². The molecule has 0 saturated carbocycles. The van der Waals surface area contributed by atoms with E-state index in [1.807, 2.05) is 0 Å². The highest BCUT2D eigenvalue weighted by Crippen LogP contribution is 2.27. The normalized spacial score (nSPS) is 10.3. The molecular formula is C13H13ClN4O3. The Bertz CT molecular complexity index is 643. The summed E-state index contributed by atoms with van der Waals surface area (Å²) in [6.07, 6.45) is 4.80. The number of nitrogens with zero attached hydrogens (tertiary/aromatic N) is 2. The number of halogens is 1. The predicted octanol–water partition coefficient (Wildman–Crippen LogP) is 2.33. The van der Waals surface area contributed by atoms with Crippen LogP contribution in [0.1, 0.15) is 22.6 Å².